The maximum atomic E-state index is 14.3. The summed E-state index contributed by atoms with van der Waals surface area (Å²) in [6.07, 6.45) is 9.99. The van der Waals surface area contributed by atoms with Crippen molar-refractivity contribution in [3.63, 3.8) is 0 Å². The molecular formula is C24H26N4O2. The third-order valence-corrected chi connectivity index (χ3v) is 8.05. The van der Waals surface area contributed by atoms with Crippen LogP contribution in [0.5, 0.6) is 0 Å². The Balaban J connectivity index is 1.53. The highest BCUT2D eigenvalue weighted by Crippen LogP contribution is 2.59. The minimum atomic E-state index is -1.32. The van der Waals surface area contributed by atoms with Crippen molar-refractivity contribution in [2.45, 2.75) is 49.6 Å². The van der Waals surface area contributed by atoms with Gasteiger partial charge < -0.3 is 4.90 Å². The highest BCUT2D eigenvalue weighted by atomic mass is 16.2. The SMILES string of the molecule is CN1C(=O)N(C23CC4CC(CC(C4)C2)C3)C(=O)C1(c1ccccn1)c1ccccn1. The van der Waals surface area contributed by atoms with Crippen LogP contribution in [-0.4, -0.2) is 44.3 Å². The molecule has 3 heterocycles. The molecule has 1 aliphatic heterocycles. The Bertz CT molecular complexity index is 932. The Morgan fingerprint density at radius 1 is 0.833 bits per heavy atom. The lowest BCUT2D eigenvalue weighted by Crippen LogP contribution is -2.62. The molecule has 5 aliphatic rings. The number of rotatable bonds is 3. The predicted octanol–water partition coefficient (Wildman–Crippen LogP) is 3.58. The van der Waals surface area contributed by atoms with Crippen molar-refractivity contribution in [3.8, 4) is 0 Å². The van der Waals surface area contributed by atoms with Crippen molar-refractivity contribution in [2.24, 2.45) is 17.8 Å². The van der Waals surface area contributed by atoms with Gasteiger partial charge in [0.05, 0.1) is 16.9 Å². The zero-order valence-electron chi connectivity index (χ0n) is 17.2. The quantitative estimate of drug-likeness (QED) is 0.736. The van der Waals surface area contributed by atoms with Crippen LogP contribution in [0.1, 0.15) is 49.9 Å². The van der Waals surface area contributed by atoms with Crippen molar-refractivity contribution in [2.75, 3.05) is 7.05 Å². The van der Waals surface area contributed by atoms with Gasteiger partial charge in [0, 0.05) is 19.4 Å². The molecule has 0 unspecified atom stereocenters. The summed E-state index contributed by atoms with van der Waals surface area (Å²) in [7, 11) is 1.73. The van der Waals surface area contributed by atoms with Crippen LogP contribution in [0, 0.1) is 17.8 Å². The van der Waals surface area contributed by atoms with Crippen LogP contribution >= 0.6 is 0 Å². The predicted molar refractivity (Wildman–Crippen MR) is 110 cm³/mol. The maximum Gasteiger partial charge on any atom is 0.328 e. The number of imide groups is 1. The Morgan fingerprint density at radius 3 is 1.77 bits per heavy atom. The number of likely N-dealkylation sites (N-methyl/N-ethyl adjacent to an activating group) is 1. The van der Waals surface area contributed by atoms with Crippen LogP contribution < -0.4 is 0 Å². The van der Waals surface area contributed by atoms with E-state index in [2.05, 4.69) is 9.97 Å². The van der Waals surface area contributed by atoms with Gasteiger partial charge in [-0.05, 0) is 80.5 Å². The van der Waals surface area contributed by atoms with Crippen molar-refractivity contribution in [1.82, 2.24) is 19.8 Å². The van der Waals surface area contributed by atoms with Gasteiger partial charge in [0.15, 0.2) is 0 Å². The molecule has 2 aromatic rings. The molecule has 7 rings (SSSR count). The monoisotopic (exact) mass is 402 g/mol. The normalized spacial score (nSPS) is 34.1. The van der Waals surface area contributed by atoms with E-state index >= 15 is 0 Å². The molecule has 4 bridgehead atoms. The molecule has 6 heteroatoms. The summed E-state index contributed by atoms with van der Waals surface area (Å²) in [6.45, 7) is 0. The summed E-state index contributed by atoms with van der Waals surface area (Å²) in [6, 6.07) is 10.8. The van der Waals surface area contributed by atoms with E-state index in [1.807, 2.05) is 36.4 Å². The Kier molecular flexibility index (Phi) is 3.68. The summed E-state index contributed by atoms with van der Waals surface area (Å²) in [4.78, 5) is 40.4. The topological polar surface area (TPSA) is 66.4 Å². The summed E-state index contributed by atoms with van der Waals surface area (Å²) in [5.41, 5.74) is -0.556. The Hall–Kier alpha value is -2.76. The lowest BCUT2D eigenvalue weighted by atomic mass is 9.52. The van der Waals surface area contributed by atoms with E-state index in [4.69, 9.17) is 0 Å². The number of nitrogens with zero attached hydrogens (tertiary/aromatic N) is 4. The van der Waals surface area contributed by atoms with Gasteiger partial charge in [-0.25, -0.2) is 4.79 Å². The first-order valence-corrected chi connectivity index (χ1v) is 11.0. The maximum absolute atomic E-state index is 14.3. The Morgan fingerprint density at radius 2 is 1.33 bits per heavy atom. The van der Waals surface area contributed by atoms with Crippen LogP contribution in [0.15, 0.2) is 48.8 Å². The van der Waals surface area contributed by atoms with Gasteiger partial charge in [-0.3, -0.25) is 19.7 Å². The number of carbonyl (C=O) groups excluding carboxylic acids is 2. The summed E-state index contributed by atoms with van der Waals surface area (Å²) in [5.74, 6) is 1.74. The van der Waals surface area contributed by atoms with Gasteiger partial charge in [-0.2, -0.15) is 0 Å². The lowest BCUT2D eigenvalue weighted by Gasteiger charge is -2.58. The Labute approximate surface area is 176 Å². The second kappa shape index (κ2) is 6.13. The molecule has 0 atom stereocenters. The molecule has 6 nitrogen and oxygen atoms in total. The third-order valence-electron chi connectivity index (χ3n) is 8.05. The average Bonchev–Trinajstić information content (AvgIpc) is 2.95. The smallest absolute Gasteiger partial charge is 0.302 e. The molecule has 154 valence electrons. The second-order valence-corrected chi connectivity index (χ2v) is 9.76. The van der Waals surface area contributed by atoms with Crippen molar-refractivity contribution < 1.29 is 9.59 Å². The van der Waals surface area contributed by atoms with Crippen molar-refractivity contribution in [3.05, 3.63) is 60.2 Å². The molecule has 1 saturated heterocycles. The van der Waals surface area contributed by atoms with Gasteiger partial charge >= 0.3 is 6.03 Å². The molecule has 4 aliphatic carbocycles. The number of carbonyl (C=O) groups is 2. The van der Waals surface area contributed by atoms with Crippen LogP contribution in [0.2, 0.25) is 0 Å². The van der Waals surface area contributed by atoms with Gasteiger partial charge in [0.25, 0.3) is 5.91 Å². The zero-order valence-corrected chi connectivity index (χ0v) is 17.2. The van der Waals surface area contributed by atoms with Gasteiger partial charge in [0.2, 0.25) is 5.54 Å². The first kappa shape index (κ1) is 18.0. The van der Waals surface area contributed by atoms with E-state index in [1.165, 1.54) is 19.3 Å². The summed E-state index contributed by atoms with van der Waals surface area (Å²) in [5, 5.41) is 0. The number of hydrogen-bond acceptors (Lipinski definition) is 4. The largest absolute Gasteiger partial charge is 0.328 e. The number of amides is 3. The molecule has 5 fully saturated rings. The van der Waals surface area contributed by atoms with E-state index in [9.17, 15) is 9.59 Å². The fourth-order valence-corrected chi connectivity index (χ4v) is 7.29. The molecule has 0 spiro atoms. The fourth-order valence-electron chi connectivity index (χ4n) is 7.29. The van der Waals surface area contributed by atoms with E-state index in [1.54, 1.807) is 29.2 Å². The van der Waals surface area contributed by atoms with Crippen LogP contribution in [0.3, 0.4) is 0 Å². The van der Waals surface area contributed by atoms with Crippen molar-refractivity contribution in [1.29, 1.82) is 0 Å². The zero-order chi connectivity index (χ0) is 20.5. The second-order valence-electron chi connectivity index (χ2n) is 9.76. The minimum Gasteiger partial charge on any atom is -0.302 e. The van der Waals surface area contributed by atoms with Crippen LogP contribution in [0.25, 0.3) is 0 Å². The van der Waals surface area contributed by atoms with E-state index in [0.29, 0.717) is 29.1 Å². The molecule has 4 saturated carbocycles. The van der Waals surface area contributed by atoms with Gasteiger partial charge in [-0.15, -0.1) is 0 Å². The highest BCUT2D eigenvalue weighted by Gasteiger charge is 2.67. The third kappa shape index (κ3) is 2.19. The van der Waals surface area contributed by atoms with Gasteiger partial charge in [0.1, 0.15) is 0 Å². The number of aromatic nitrogens is 2. The highest BCUT2D eigenvalue weighted by molar-refractivity contribution is 6.09. The first-order chi connectivity index (χ1) is 14.5. The van der Waals surface area contributed by atoms with Crippen LogP contribution in [0.4, 0.5) is 4.79 Å². The molecule has 2 aromatic heterocycles. The van der Waals surface area contributed by atoms with E-state index in [-0.39, 0.29) is 17.5 Å². The fraction of sp³-hybridized carbons (Fsp3) is 0.500. The molecule has 30 heavy (non-hydrogen) atoms. The molecule has 0 N–H and O–H groups in total. The molecule has 0 aromatic carbocycles. The average molecular weight is 402 g/mol. The number of urea groups is 1. The van der Waals surface area contributed by atoms with Crippen molar-refractivity contribution >= 4 is 11.9 Å². The molecule has 3 amide bonds. The lowest BCUT2D eigenvalue weighted by molar-refractivity contribution is -0.144. The molecule has 0 radical (unpaired) electrons. The number of hydrogen-bond donors (Lipinski definition) is 0. The van der Waals surface area contributed by atoms with E-state index in [0.717, 1.165) is 19.3 Å². The summed E-state index contributed by atoms with van der Waals surface area (Å²) >= 11 is 0. The minimum absolute atomic E-state index is 0.186. The first-order valence-electron chi connectivity index (χ1n) is 11.0. The summed E-state index contributed by atoms with van der Waals surface area (Å²) < 4.78 is 0. The standard InChI is InChI=1S/C24H26N4O2/c1-27-22(30)28(23-13-16-10-17(14-23)12-18(11-16)15-23)21(29)24(27,19-6-2-4-8-25-19)20-7-3-5-9-26-20/h2-9,16-18H,10-15H2,1H3. The van der Waals surface area contributed by atoms with Gasteiger partial charge in [-0.1, -0.05) is 12.1 Å². The molecular weight excluding hydrogens is 376 g/mol. The number of pyridine rings is 2. The van der Waals surface area contributed by atoms with Crippen LogP contribution in [-0.2, 0) is 10.3 Å². The van der Waals surface area contributed by atoms with E-state index < -0.39 is 5.54 Å².